The second-order valence-corrected chi connectivity index (χ2v) is 9.58. The number of benzene rings is 2. The van der Waals surface area contributed by atoms with Crippen molar-refractivity contribution >= 4 is 29.3 Å². The molecule has 0 radical (unpaired) electrons. The van der Waals surface area contributed by atoms with Gasteiger partial charge in [-0.15, -0.1) is 0 Å². The van der Waals surface area contributed by atoms with E-state index in [1.165, 1.54) is 11.8 Å². The summed E-state index contributed by atoms with van der Waals surface area (Å²) in [6.45, 7) is 8.03. The van der Waals surface area contributed by atoms with E-state index < -0.39 is 6.04 Å². The number of thioether (sulfide) groups is 1. The number of aryl methyl sites for hydroxylation is 2. The Labute approximate surface area is 211 Å². The molecule has 0 unspecified atom stereocenters. The van der Waals surface area contributed by atoms with Gasteiger partial charge in [0.1, 0.15) is 11.8 Å². The van der Waals surface area contributed by atoms with Crippen LogP contribution in [0.4, 0.5) is 5.69 Å². The fourth-order valence-electron chi connectivity index (χ4n) is 3.78. The molecule has 0 fully saturated rings. The van der Waals surface area contributed by atoms with Gasteiger partial charge in [0.15, 0.2) is 5.16 Å². The molecule has 2 amide bonds. The molecule has 1 N–H and O–H groups in total. The van der Waals surface area contributed by atoms with E-state index in [9.17, 15) is 9.59 Å². The highest BCUT2D eigenvalue weighted by Gasteiger charge is 2.32. The Balaban J connectivity index is 1.83. The number of nitrogens with zero attached hydrogens (tertiary/aromatic N) is 3. The molecule has 0 aliphatic carbocycles. The van der Waals surface area contributed by atoms with Crippen molar-refractivity contribution in [3.63, 3.8) is 0 Å². The number of nitrogens with one attached hydrogen (secondary N) is 1. The van der Waals surface area contributed by atoms with Crippen molar-refractivity contribution in [3.05, 3.63) is 77.6 Å². The molecule has 1 atom stereocenters. The van der Waals surface area contributed by atoms with Crippen LogP contribution in [-0.2, 0) is 16.1 Å². The summed E-state index contributed by atoms with van der Waals surface area (Å²) in [6.07, 6.45) is 0. The number of ether oxygens (including phenoxy) is 1. The minimum Gasteiger partial charge on any atom is -0.497 e. The second kappa shape index (κ2) is 12.4. The molecule has 0 saturated carbocycles. The van der Waals surface area contributed by atoms with Crippen LogP contribution in [0.3, 0.4) is 0 Å². The first-order valence-corrected chi connectivity index (χ1v) is 12.5. The van der Waals surface area contributed by atoms with E-state index in [1.54, 1.807) is 36.3 Å². The van der Waals surface area contributed by atoms with Crippen molar-refractivity contribution in [2.45, 2.75) is 45.4 Å². The van der Waals surface area contributed by atoms with E-state index in [4.69, 9.17) is 4.74 Å². The Bertz CT molecular complexity index is 1120. The van der Waals surface area contributed by atoms with Crippen molar-refractivity contribution in [1.82, 2.24) is 14.9 Å². The minimum absolute atomic E-state index is 0.108. The van der Waals surface area contributed by atoms with Crippen LogP contribution in [0.15, 0.2) is 65.8 Å². The Morgan fingerprint density at radius 1 is 1.00 bits per heavy atom. The molecule has 7 nitrogen and oxygen atoms in total. The molecular weight excluding hydrogens is 460 g/mol. The van der Waals surface area contributed by atoms with Gasteiger partial charge in [0.05, 0.1) is 12.9 Å². The molecule has 1 heterocycles. The average Bonchev–Trinajstić information content (AvgIpc) is 2.82. The molecule has 0 aliphatic rings. The van der Waals surface area contributed by atoms with Gasteiger partial charge < -0.3 is 15.0 Å². The van der Waals surface area contributed by atoms with Crippen LogP contribution < -0.4 is 10.1 Å². The maximum atomic E-state index is 13.5. The lowest BCUT2D eigenvalue weighted by molar-refractivity contribution is -0.138. The first kappa shape index (κ1) is 26.2. The first-order valence-electron chi connectivity index (χ1n) is 11.5. The maximum absolute atomic E-state index is 13.5. The molecule has 184 valence electrons. The van der Waals surface area contributed by atoms with E-state index in [0.717, 1.165) is 17.0 Å². The van der Waals surface area contributed by atoms with Gasteiger partial charge in [0.25, 0.3) is 0 Å². The van der Waals surface area contributed by atoms with Gasteiger partial charge in [-0.1, -0.05) is 55.9 Å². The largest absolute Gasteiger partial charge is 0.497 e. The lowest BCUT2D eigenvalue weighted by Crippen LogP contribution is -2.50. The number of amides is 2. The molecule has 0 spiro atoms. The Hall–Kier alpha value is -3.39. The Kier molecular flexibility index (Phi) is 9.25. The summed E-state index contributed by atoms with van der Waals surface area (Å²) in [5.74, 6) is 0.347. The monoisotopic (exact) mass is 492 g/mol. The molecule has 2 aromatic carbocycles. The zero-order valence-electron chi connectivity index (χ0n) is 20.8. The van der Waals surface area contributed by atoms with Gasteiger partial charge in [-0.3, -0.25) is 9.59 Å². The predicted molar refractivity (Wildman–Crippen MR) is 139 cm³/mol. The quantitative estimate of drug-likeness (QED) is 0.321. The predicted octanol–water partition coefficient (Wildman–Crippen LogP) is 4.89. The number of anilines is 1. The third kappa shape index (κ3) is 7.55. The minimum atomic E-state index is -0.662. The standard InChI is InChI=1S/C27H32N4O3S/c1-18(2)25(26(33)30-22-11-13-23(34-5)14-12-22)31(16-21-9-7-6-8-10-21)24(32)17-35-27-28-19(3)15-20(4)29-27/h6-15,18,25H,16-17H2,1-5H3,(H,30,33)/t25-/m1/s1. The highest BCUT2D eigenvalue weighted by molar-refractivity contribution is 7.99. The Morgan fingerprint density at radius 2 is 1.63 bits per heavy atom. The van der Waals surface area contributed by atoms with Gasteiger partial charge in [-0.25, -0.2) is 9.97 Å². The molecule has 0 bridgehead atoms. The fourth-order valence-corrected chi connectivity index (χ4v) is 4.62. The third-order valence-corrected chi connectivity index (χ3v) is 6.23. The summed E-state index contributed by atoms with van der Waals surface area (Å²) in [5.41, 5.74) is 3.31. The molecule has 1 aromatic heterocycles. The third-order valence-electron chi connectivity index (χ3n) is 5.40. The van der Waals surface area contributed by atoms with Crippen molar-refractivity contribution in [2.75, 3.05) is 18.2 Å². The number of hydrogen-bond acceptors (Lipinski definition) is 6. The normalized spacial score (nSPS) is 11.7. The number of carbonyl (C=O) groups excluding carboxylic acids is 2. The maximum Gasteiger partial charge on any atom is 0.247 e. The summed E-state index contributed by atoms with van der Waals surface area (Å²) in [5, 5.41) is 3.52. The van der Waals surface area contributed by atoms with Crippen molar-refractivity contribution < 1.29 is 14.3 Å². The van der Waals surface area contributed by atoms with Crippen LogP contribution in [0.25, 0.3) is 0 Å². The van der Waals surface area contributed by atoms with Crippen LogP contribution in [0.5, 0.6) is 5.75 Å². The molecule has 3 aromatic rings. The number of aromatic nitrogens is 2. The fraction of sp³-hybridized carbons (Fsp3) is 0.333. The lowest BCUT2D eigenvalue weighted by Gasteiger charge is -2.33. The SMILES string of the molecule is COc1ccc(NC(=O)[C@@H](C(C)C)N(Cc2ccccc2)C(=O)CSc2nc(C)cc(C)n2)cc1. The average molecular weight is 493 g/mol. The van der Waals surface area contributed by atoms with Gasteiger partial charge in [0, 0.05) is 23.6 Å². The molecule has 8 heteroatoms. The number of hydrogen-bond donors (Lipinski definition) is 1. The lowest BCUT2D eigenvalue weighted by atomic mass is 10.00. The highest BCUT2D eigenvalue weighted by atomic mass is 32.2. The van der Waals surface area contributed by atoms with Crippen LogP contribution in [0, 0.1) is 19.8 Å². The van der Waals surface area contributed by atoms with Gasteiger partial charge in [-0.2, -0.15) is 0 Å². The second-order valence-electron chi connectivity index (χ2n) is 8.64. The first-order chi connectivity index (χ1) is 16.8. The van der Waals surface area contributed by atoms with Crippen molar-refractivity contribution in [1.29, 1.82) is 0 Å². The van der Waals surface area contributed by atoms with Crippen LogP contribution >= 0.6 is 11.8 Å². The summed E-state index contributed by atoms with van der Waals surface area (Å²) in [4.78, 5) is 37.5. The molecule has 35 heavy (non-hydrogen) atoms. The zero-order chi connectivity index (χ0) is 25.4. The van der Waals surface area contributed by atoms with Crippen LogP contribution in [-0.4, -0.2) is 45.6 Å². The summed E-state index contributed by atoms with van der Waals surface area (Å²) < 4.78 is 5.20. The van der Waals surface area contributed by atoms with Crippen molar-refractivity contribution in [3.8, 4) is 5.75 Å². The zero-order valence-corrected chi connectivity index (χ0v) is 21.6. The highest BCUT2D eigenvalue weighted by Crippen LogP contribution is 2.22. The number of methoxy groups -OCH3 is 1. The van der Waals surface area contributed by atoms with Crippen LogP contribution in [0.1, 0.15) is 30.8 Å². The van der Waals surface area contributed by atoms with E-state index in [-0.39, 0.29) is 23.5 Å². The van der Waals surface area contributed by atoms with E-state index in [1.807, 2.05) is 64.1 Å². The summed E-state index contributed by atoms with van der Waals surface area (Å²) >= 11 is 1.29. The van der Waals surface area contributed by atoms with Gasteiger partial charge in [0.2, 0.25) is 11.8 Å². The summed E-state index contributed by atoms with van der Waals surface area (Å²) in [7, 11) is 1.59. The van der Waals surface area contributed by atoms with Gasteiger partial charge >= 0.3 is 0 Å². The number of rotatable bonds is 10. The number of carbonyl (C=O) groups is 2. The van der Waals surface area contributed by atoms with E-state index in [2.05, 4.69) is 15.3 Å². The summed E-state index contributed by atoms with van der Waals surface area (Å²) in [6, 6.07) is 18.1. The molecule has 3 rings (SSSR count). The Morgan fingerprint density at radius 3 is 2.20 bits per heavy atom. The smallest absolute Gasteiger partial charge is 0.247 e. The van der Waals surface area contributed by atoms with Crippen molar-refractivity contribution in [2.24, 2.45) is 5.92 Å². The molecule has 0 saturated heterocycles. The molecular formula is C27H32N4O3S. The van der Waals surface area contributed by atoms with Gasteiger partial charge in [-0.05, 0) is 55.7 Å². The van der Waals surface area contributed by atoms with Crippen LogP contribution in [0.2, 0.25) is 0 Å². The van der Waals surface area contributed by atoms with E-state index >= 15 is 0 Å². The van der Waals surface area contributed by atoms with E-state index in [0.29, 0.717) is 23.1 Å². The molecule has 0 aliphatic heterocycles. The topological polar surface area (TPSA) is 84.4 Å².